The molecule has 0 aromatic carbocycles. The Morgan fingerprint density at radius 3 is 2.50 bits per heavy atom. The fourth-order valence-electron chi connectivity index (χ4n) is 2.74. The van der Waals surface area contributed by atoms with Crippen molar-refractivity contribution in [2.24, 2.45) is 5.41 Å². The molecule has 1 unspecified atom stereocenters. The quantitative estimate of drug-likeness (QED) is 0.787. The van der Waals surface area contributed by atoms with Crippen molar-refractivity contribution in [1.82, 2.24) is 4.90 Å². The van der Waals surface area contributed by atoms with Gasteiger partial charge in [0.05, 0.1) is 11.2 Å². The molecule has 1 amide bonds. The highest BCUT2D eigenvalue weighted by molar-refractivity contribution is 7.90. The summed E-state index contributed by atoms with van der Waals surface area (Å²) in [7, 11) is -3.18. The van der Waals surface area contributed by atoms with Crippen LogP contribution in [0.15, 0.2) is 0 Å². The van der Waals surface area contributed by atoms with Crippen LogP contribution in [-0.2, 0) is 19.4 Å². The number of rotatable bonds is 6. The van der Waals surface area contributed by atoms with E-state index in [1.54, 1.807) is 0 Å². The number of carbonyl (C=O) groups excluding carboxylic acids is 1. The van der Waals surface area contributed by atoms with Gasteiger partial charge in [0.2, 0.25) is 5.91 Å². The first-order valence-corrected chi connectivity index (χ1v) is 8.95. The fraction of sp³-hybridized carbons (Fsp3) is 0.846. The number of carbonyl (C=O) groups is 2. The van der Waals surface area contributed by atoms with Crippen molar-refractivity contribution in [3.8, 4) is 0 Å². The Labute approximate surface area is 120 Å². The van der Waals surface area contributed by atoms with E-state index in [-0.39, 0.29) is 24.6 Å². The Balaban J connectivity index is 2.72. The van der Waals surface area contributed by atoms with E-state index in [0.717, 1.165) is 12.7 Å². The number of nitrogens with zero attached hydrogens (tertiary/aromatic N) is 1. The van der Waals surface area contributed by atoms with Gasteiger partial charge in [-0.3, -0.25) is 9.59 Å². The molecule has 20 heavy (non-hydrogen) atoms. The number of amides is 1. The fourth-order valence-corrected chi connectivity index (χ4v) is 3.28. The summed E-state index contributed by atoms with van der Waals surface area (Å²) in [4.78, 5) is 25.1. The van der Waals surface area contributed by atoms with Crippen LogP contribution >= 0.6 is 0 Å². The minimum Gasteiger partial charge on any atom is -0.481 e. The number of likely N-dealkylation sites (tertiary alicyclic amines) is 1. The van der Waals surface area contributed by atoms with Gasteiger partial charge < -0.3 is 10.0 Å². The highest BCUT2D eigenvalue weighted by atomic mass is 32.2. The maximum absolute atomic E-state index is 12.0. The van der Waals surface area contributed by atoms with E-state index >= 15 is 0 Å². The minimum absolute atomic E-state index is 0.0688. The molecule has 0 aliphatic carbocycles. The van der Waals surface area contributed by atoms with E-state index in [4.69, 9.17) is 0 Å². The second-order valence-electron chi connectivity index (χ2n) is 5.63. The summed E-state index contributed by atoms with van der Waals surface area (Å²) >= 11 is 0. The average molecular weight is 305 g/mol. The Morgan fingerprint density at radius 2 is 2.00 bits per heavy atom. The highest BCUT2D eigenvalue weighted by Gasteiger charge is 2.42. The number of hydrogen-bond acceptors (Lipinski definition) is 4. The van der Waals surface area contributed by atoms with Crippen molar-refractivity contribution >= 4 is 21.7 Å². The molecule has 1 rings (SSSR count). The molecule has 1 N–H and O–H groups in total. The lowest BCUT2D eigenvalue weighted by molar-refractivity contribution is -0.155. The summed E-state index contributed by atoms with van der Waals surface area (Å²) in [6.07, 6.45) is 3.54. The molecule has 0 spiro atoms. The summed E-state index contributed by atoms with van der Waals surface area (Å²) in [6.45, 7) is 2.63. The minimum atomic E-state index is -3.18. The lowest BCUT2D eigenvalue weighted by Crippen LogP contribution is -2.50. The van der Waals surface area contributed by atoms with Gasteiger partial charge in [0, 0.05) is 25.8 Å². The van der Waals surface area contributed by atoms with Crippen molar-refractivity contribution in [3.63, 3.8) is 0 Å². The van der Waals surface area contributed by atoms with Crippen LogP contribution in [0.2, 0.25) is 0 Å². The summed E-state index contributed by atoms with van der Waals surface area (Å²) in [6, 6.07) is 0. The molecule has 6 nitrogen and oxygen atoms in total. The predicted octanol–water partition coefficient (Wildman–Crippen LogP) is 0.915. The molecule has 0 aromatic heterocycles. The third-order valence-corrected chi connectivity index (χ3v) is 4.74. The molecular formula is C13H23NO5S. The van der Waals surface area contributed by atoms with E-state index in [1.165, 1.54) is 4.90 Å². The molecular weight excluding hydrogens is 282 g/mol. The molecule has 0 saturated carbocycles. The topological polar surface area (TPSA) is 91.8 Å². The summed E-state index contributed by atoms with van der Waals surface area (Å²) < 4.78 is 22.2. The van der Waals surface area contributed by atoms with Gasteiger partial charge in [0.25, 0.3) is 0 Å². The molecule has 1 atom stereocenters. The van der Waals surface area contributed by atoms with E-state index in [2.05, 4.69) is 0 Å². The van der Waals surface area contributed by atoms with Crippen LogP contribution in [0.1, 0.15) is 39.0 Å². The van der Waals surface area contributed by atoms with Crippen LogP contribution in [0.3, 0.4) is 0 Å². The van der Waals surface area contributed by atoms with Gasteiger partial charge in [-0.1, -0.05) is 13.3 Å². The zero-order valence-corrected chi connectivity index (χ0v) is 12.9. The third-order valence-electron chi connectivity index (χ3n) is 3.80. The molecule has 1 heterocycles. The van der Waals surface area contributed by atoms with Gasteiger partial charge in [-0.15, -0.1) is 0 Å². The highest BCUT2D eigenvalue weighted by Crippen LogP contribution is 2.35. The van der Waals surface area contributed by atoms with Crippen molar-refractivity contribution in [1.29, 1.82) is 0 Å². The number of aliphatic carboxylic acids is 1. The monoisotopic (exact) mass is 305 g/mol. The number of carboxylic acid groups (broad SMARTS) is 1. The number of piperidine rings is 1. The first kappa shape index (κ1) is 16.9. The Bertz CT molecular complexity index is 469. The largest absolute Gasteiger partial charge is 0.481 e. The molecule has 1 fully saturated rings. The van der Waals surface area contributed by atoms with E-state index < -0.39 is 21.2 Å². The first-order chi connectivity index (χ1) is 9.20. The molecule has 0 bridgehead atoms. The lowest BCUT2D eigenvalue weighted by atomic mass is 9.76. The Kier molecular flexibility index (Phi) is 5.56. The van der Waals surface area contributed by atoms with Crippen LogP contribution in [-0.4, -0.2) is 55.4 Å². The summed E-state index contributed by atoms with van der Waals surface area (Å²) in [5.41, 5.74) is -0.867. The zero-order valence-electron chi connectivity index (χ0n) is 12.1. The number of carboxylic acids is 1. The smallest absolute Gasteiger partial charge is 0.311 e. The van der Waals surface area contributed by atoms with Crippen molar-refractivity contribution in [3.05, 3.63) is 0 Å². The van der Waals surface area contributed by atoms with Gasteiger partial charge in [0.15, 0.2) is 0 Å². The summed E-state index contributed by atoms with van der Waals surface area (Å²) in [5.74, 6) is -1.31. The van der Waals surface area contributed by atoms with Crippen LogP contribution in [0.4, 0.5) is 0 Å². The van der Waals surface area contributed by atoms with Crippen molar-refractivity contribution in [2.45, 2.75) is 39.0 Å². The summed E-state index contributed by atoms with van der Waals surface area (Å²) in [5, 5.41) is 9.44. The van der Waals surface area contributed by atoms with Gasteiger partial charge in [0.1, 0.15) is 9.84 Å². The Morgan fingerprint density at radius 1 is 1.35 bits per heavy atom. The first-order valence-electron chi connectivity index (χ1n) is 6.89. The maximum Gasteiger partial charge on any atom is 0.311 e. The maximum atomic E-state index is 12.0. The van der Waals surface area contributed by atoms with Crippen LogP contribution in [0, 0.1) is 5.41 Å². The lowest BCUT2D eigenvalue weighted by Gasteiger charge is -2.40. The Hall–Kier alpha value is -1.11. The van der Waals surface area contributed by atoms with E-state index in [0.29, 0.717) is 25.8 Å². The van der Waals surface area contributed by atoms with Crippen LogP contribution < -0.4 is 0 Å². The van der Waals surface area contributed by atoms with Gasteiger partial charge >= 0.3 is 5.97 Å². The molecule has 0 radical (unpaired) electrons. The second-order valence-corrected chi connectivity index (χ2v) is 7.89. The van der Waals surface area contributed by atoms with Crippen molar-refractivity contribution in [2.75, 3.05) is 25.1 Å². The van der Waals surface area contributed by atoms with Gasteiger partial charge in [-0.2, -0.15) is 0 Å². The van der Waals surface area contributed by atoms with Crippen LogP contribution in [0.5, 0.6) is 0 Å². The molecule has 7 heteroatoms. The van der Waals surface area contributed by atoms with Gasteiger partial charge in [-0.25, -0.2) is 8.42 Å². The molecule has 116 valence electrons. The average Bonchev–Trinajstić information content (AvgIpc) is 2.35. The third kappa shape index (κ3) is 4.47. The molecule has 1 aliphatic rings. The van der Waals surface area contributed by atoms with Gasteiger partial charge in [-0.05, 0) is 19.3 Å². The molecule has 0 aromatic rings. The second kappa shape index (κ2) is 6.56. The SMILES string of the molecule is CCCC1(C(=O)O)CCCN(C(=O)CCS(C)(=O)=O)C1. The number of sulfone groups is 1. The van der Waals surface area contributed by atoms with E-state index in [1.807, 2.05) is 6.92 Å². The normalized spacial score (nSPS) is 23.6. The van der Waals surface area contributed by atoms with Crippen molar-refractivity contribution < 1.29 is 23.1 Å². The standard InChI is InChI=1S/C13H23NO5S/c1-3-6-13(12(16)17)7-4-8-14(10-13)11(15)5-9-20(2,18)19/h3-10H2,1-2H3,(H,16,17). The molecule has 1 aliphatic heterocycles. The van der Waals surface area contributed by atoms with E-state index in [9.17, 15) is 23.1 Å². The predicted molar refractivity (Wildman–Crippen MR) is 75.1 cm³/mol. The molecule has 1 saturated heterocycles. The zero-order chi connectivity index (χ0) is 15.4. The number of hydrogen-bond donors (Lipinski definition) is 1. The van der Waals surface area contributed by atoms with Crippen LogP contribution in [0.25, 0.3) is 0 Å².